The van der Waals surface area contributed by atoms with Crippen LogP contribution in [0.3, 0.4) is 0 Å². The lowest BCUT2D eigenvalue weighted by molar-refractivity contribution is -0.129. The maximum absolute atomic E-state index is 12.0. The van der Waals surface area contributed by atoms with Gasteiger partial charge in [-0.05, 0) is 56.3 Å². The summed E-state index contributed by atoms with van der Waals surface area (Å²) in [6.07, 6.45) is 6.47. The average Bonchev–Trinajstić information content (AvgIpc) is 2.40. The number of hydrogen-bond donors (Lipinski definition) is 2. The smallest absolute Gasteiger partial charge is 0.408 e. The maximum Gasteiger partial charge on any atom is 0.408 e. The Morgan fingerprint density at radius 1 is 1.05 bits per heavy atom. The third-order valence-electron chi connectivity index (χ3n) is 5.10. The molecule has 4 aliphatic carbocycles. The Labute approximate surface area is 124 Å². The van der Waals surface area contributed by atoms with E-state index in [1.807, 2.05) is 0 Å². The molecular formula is C15H24N2O4. The summed E-state index contributed by atoms with van der Waals surface area (Å²) in [4.78, 5) is 23.4. The van der Waals surface area contributed by atoms with E-state index >= 15 is 0 Å². The van der Waals surface area contributed by atoms with Crippen LogP contribution in [0.2, 0.25) is 0 Å². The van der Waals surface area contributed by atoms with Gasteiger partial charge in [-0.15, -0.1) is 0 Å². The van der Waals surface area contributed by atoms with E-state index in [2.05, 4.69) is 10.6 Å². The van der Waals surface area contributed by atoms with Crippen molar-refractivity contribution in [2.75, 3.05) is 20.4 Å². The third kappa shape index (κ3) is 3.31. The molecule has 2 N–H and O–H groups in total. The first-order valence-electron chi connectivity index (χ1n) is 7.81. The first-order valence-corrected chi connectivity index (χ1v) is 7.81. The summed E-state index contributed by atoms with van der Waals surface area (Å²) in [6.45, 7) is 0.0685. The Kier molecular flexibility index (Phi) is 4.06. The molecule has 4 rings (SSSR count). The molecule has 118 valence electrons. The van der Waals surface area contributed by atoms with Gasteiger partial charge in [0.05, 0.1) is 0 Å². The lowest BCUT2D eigenvalue weighted by Crippen LogP contribution is -2.54. The summed E-state index contributed by atoms with van der Waals surface area (Å²) in [5, 5.41) is 5.05. The van der Waals surface area contributed by atoms with Gasteiger partial charge in [0.2, 0.25) is 5.91 Å². The Bertz CT molecular complexity index is 389. The summed E-state index contributed by atoms with van der Waals surface area (Å²) < 4.78 is 10.5. The second kappa shape index (κ2) is 5.83. The Balaban J connectivity index is 1.48. The highest BCUT2D eigenvalue weighted by atomic mass is 16.6. The van der Waals surface area contributed by atoms with Crippen LogP contribution in [0.25, 0.3) is 0 Å². The van der Waals surface area contributed by atoms with Gasteiger partial charge in [-0.1, -0.05) is 0 Å². The molecule has 0 atom stereocenters. The molecule has 0 aromatic carbocycles. The average molecular weight is 296 g/mol. The number of carbonyl (C=O) groups is 2. The second-order valence-electron chi connectivity index (χ2n) is 6.88. The van der Waals surface area contributed by atoms with Gasteiger partial charge >= 0.3 is 6.09 Å². The molecule has 2 amide bonds. The van der Waals surface area contributed by atoms with Crippen molar-refractivity contribution < 1.29 is 19.1 Å². The largest absolute Gasteiger partial charge is 0.443 e. The predicted molar refractivity (Wildman–Crippen MR) is 75.4 cm³/mol. The van der Waals surface area contributed by atoms with Crippen molar-refractivity contribution in [1.29, 1.82) is 0 Å². The van der Waals surface area contributed by atoms with Crippen molar-refractivity contribution >= 4 is 12.0 Å². The Morgan fingerprint density at radius 2 is 1.62 bits per heavy atom. The number of carbonyl (C=O) groups excluding carboxylic acids is 2. The zero-order chi connectivity index (χ0) is 14.9. The summed E-state index contributed by atoms with van der Waals surface area (Å²) in [5.41, 5.74) is -0.262. The molecule has 0 aromatic heterocycles. The van der Waals surface area contributed by atoms with Crippen LogP contribution in [0, 0.1) is 17.8 Å². The minimum absolute atomic E-state index is 0.0748. The molecule has 0 heterocycles. The highest BCUT2D eigenvalue weighted by molar-refractivity contribution is 5.82. The van der Waals surface area contributed by atoms with Gasteiger partial charge < -0.3 is 20.1 Å². The lowest BCUT2D eigenvalue weighted by Gasteiger charge is -2.55. The molecule has 4 aliphatic rings. The zero-order valence-electron chi connectivity index (χ0n) is 12.5. The van der Waals surface area contributed by atoms with Crippen molar-refractivity contribution in [3.8, 4) is 0 Å². The number of amides is 2. The summed E-state index contributed by atoms with van der Waals surface area (Å²) >= 11 is 0. The van der Waals surface area contributed by atoms with Crippen LogP contribution in [-0.4, -0.2) is 38.0 Å². The van der Waals surface area contributed by atoms with Gasteiger partial charge in [0.1, 0.15) is 18.9 Å². The fourth-order valence-electron chi connectivity index (χ4n) is 4.76. The van der Waals surface area contributed by atoms with Crippen molar-refractivity contribution in [3.05, 3.63) is 0 Å². The third-order valence-corrected chi connectivity index (χ3v) is 5.10. The van der Waals surface area contributed by atoms with E-state index in [4.69, 9.17) is 9.47 Å². The number of methoxy groups -OCH3 is 1. The van der Waals surface area contributed by atoms with E-state index in [1.54, 1.807) is 0 Å². The van der Waals surface area contributed by atoms with Crippen LogP contribution in [0.4, 0.5) is 4.79 Å². The molecule has 0 unspecified atom stereocenters. The molecule has 0 aromatic rings. The van der Waals surface area contributed by atoms with Crippen LogP contribution < -0.4 is 10.6 Å². The molecule has 6 nitrogen and oxygen atoms in total. The second-order valence-corrected chi connectivity index (χ2v) is 6.88. The molecule has 4 bridgehead atoms. The molecular weight excluding hydrogens is 272 g/mol. The monoisotopic (exact) mass is 296 g/mol. The highest BCUT2D eigenvalue weighted by Crippen LogP contribution is 2.57. The molecule has 0 radical (unpaired) electrons. The number of alkyl carbamates (subject to hydrolysis) is 1. The quantitative estimate of drug-likeness (QED) is 0.752. The fraction of sp³-hybridized carbons (Fsp3) is 0.867. The van der Waals surface area contributed by atoms with Gasteiger partial charge in [-0.2, -0.15) is 0 Å². The summed E-state index contributed by atoms with van der Waals surface area (Å²) in [5.74, 6) is 1.91. The molecule has 0 aliphatic heterocycles. The lowest BCUT2D eigenvalue weighted by atomic mass is 9.54. The Hall–Kier alpha value is -1.30. The van der Waals surface area contributed by atoms with Gasteiger partial charge in [0.15, 0.2) is 0 Å². The Morgan fingerprint density at radius 3 is 2.14 bits per heavy atom. The van der Waals surface area contributed by atoms with E-state index in [0.717, 1.165) is 37.0 Å². The first kappa shape index (κ1) is 14.6. The van der Waals surface area contributed by atoms with Gasteiger partial charge in [-0.25, -0.2) is 4.79 Å². The van der Waals surface area contributed by atoms with Crippen LogP contribution in [0.5, 0.6) is 0 Å². The van der Waals surface area contributed by atoms with Crippen LogP contribution in [-0.2, 0) is 14.3 Å². The van der Waals surface area contributed by atoms with Gasteiger partial charge in [0, 0.05) is 7.11 Å². The van der Waals surface area contributed by atoms with Crippen molar-refractivity contribution in [2.45, 2.75) is 44.1 Å². The van der Waals surface area contributed by atoms with E-state index < -0.39 is 6.09 Å². The van der Waals surface area contributed by atoms with E-state index in [1.165, 1.54) is 26.4 Å². The van der Waals surface area contributed by atoms with Crippen molar-refractivity contribution in [2.24, 2.45) is 17.8 Å². The normalized spacial score (nSPS) is 36.3. The number of nitrogens with one attached hydrogen (secondary N) is 2. The SMILES string of the molecule is COCNC(=O)CNC(=O)OC12CC3CC(CC(C3)C1)C2. The molecule has 0 spiro atoms. The molecule has 0 saturated heterocycles. The fourth-order valence-corrected chi connectivity index (χ4v) is 4.76. The predicted octanol–water partition coefficient (Wildman–Crippen LogP) is 1.40. The van der Waals surface area contributed by atoms with Crippen LogP contribution in [0.15, 0.2) is 0 Å². The number of ether oxygens (including phenoxy) is 2. The summed E-state index contributed by atoms with van der Waals surface area (Å²) in [6, 6.07) is 0. The zero-order valence-corrected chi connectivity index (χ0v) is 12.5. The first-order chi connectivity index (χ1) is 10.1. The number of rotatable bonds is 5. The molecule has 21 heavy (non-hydrogen) atoms. The van der Waals surface area contributed by atoms with Gasteiger partial charge in [-0.3, -0.25) is 4.79 Å². The molecule has 4 saturated carbocycles. The summed E-state index contributed by atoms with van der Waals surface area (Å²) in [7, 11) is 1.50. The maximum atomic E-state index is 12.0. The minimum atomic E-state index is -0.468. The molecule has 6 heteroatoms. The van der Waals surface area contributed by atoms with E-state index in [9.17, 15) is 9.59 Å². The minimum Gasteiger partial charge on any atom is -0.443 e. The van der Waals surface area contributed by atoms with Gasteiger partial charge in [0.25, 0.3) is 0 Å². The standard InChI is InChI=1S/C15H24N2O4/c1-20-9-17-13(18)8-16-14(19)21-15-5-10-2-11(6-15)4-12(3-10)7-15/h10-12H,2-9H2,1H3,(H,16,19)(H,17,18). The van der Waals surface area contributed by atoms with Crippen molar-refractivity contribution in [1.82, 2.24) is 10.6 Å². The van der Waals surface area contributed by atoms with Crippen molar-refractivity contribution in [3.63, 3.8) is 0 Å². The topological polar surface area (TPSA) is 76.7 Å². The number of hydrogen-bond acceptors (Lipinski definition) is 4. The van der Waals surface area contributed by atoms with E-state index in [-0.39, 0.29) is 24.8 Å². The van der Waals surface area contributed by atoms with Crippen LogP contribution >= 0.6 is 0 Å². The molecule has 4 fully saturated rings. The highest BCUT2D eigenvalue weighted by Gasteiger charge is 2.53. The van der Waals surface area contributed by atoms with E-state index in [0.29, 0.717) is 0 Å². The van der Waals surface area contributed by atoms with Crippen LogP contribution in [0.1, 0.15) is 38.5 Å².